The summed E-state index contributed by atoms with van der Waals surface area (Å²) in [5.41, 5.74) is 3.60. The second-order valence-electron chi connectivity index (χ2n) is 7.95. The minimum atomic E-state index is -0.210. The van der Waals surface area contributed by atoms with E-state index in [4.69, 9.17) is 0 Å². The molecule has 0 unspecified atom stereocenters. The van der Waals surface area contributed by atoms with E-state index in [0.717, 1.165) is 56.3 Å². The number of para-hydroxylation sites is 1. The summed E-state index contributed by atoms with van der Waals surface area (Å²) in [6.45, 7) is 1.26. The Hall–Kier alpha value is -3.09. The molecule has 3 heterocycles. The fourth-order valence-electron chi connectivity index (χ4n) is 4.11. The summed E-state index contributed by atoms with van der Waals surface area (Å²) in [7, 11) is 0. The summed E-state index contributed by atoms with van der Waals surface area (Å²) < 4.78 is 1.94. The smallest absolute Gasteiger partial charge is 0.287 e. The van der Waals surface area contributed by atoms with Crippen LogP contribution in [0.25, 0.3) is 10.9 Å². The van der Waals surface area contributed by atoms with Gasteiger partial charge < -0.3 is 20.2 Å². The van der Waals surface area contributed by atoms with Crippen molar-refractivity contribution in [3.05, 3.63) is 53.2 Å². The Morgan fingerprint density at radius 2 is 2.03 bits per heavy atom. The Kier molecular flexibility index (Phi) is 4.58. The maximum absolute atomic E-state index is 12.8. The molecule has 5 rings (SSSR count). The number of amides is 2. The van der Waals surface area contributed by atoms with E-state index in [-0.39, 0.29) is 17.9 Å². The molecular formula is C22H25N5O2. The lowest BCUT2D eigenvalue weighted by atomic mass is 10.1. The Balaban J connectivity index is 1.30. The van der Waals surface area contributed by atoms with Gasteiger partial charge in [0.15, 0.2) is 5.82 Å². The van der Waals surface area contributed by atoms with Crippen molar-refractivity contribution in [1.82, 2.24) is 25.2 Å². The van der Waals surface area contributed by atoms with Crippen molar-refractivity contribution < 1.29 is 9.59 Å². The predicted octanol–water partition coefficient (Wildman–Crippen LogP) is 2.57. The minimum absolute atomic E-state index is 0.143. The van der Waals surface area contributed by atoms with E-state index in [0.29, 0.717) is 18.1 Å². The van der Waals surface area contributed by atoms with Gasteiger partial charge in [-0.15, -0.1) is 0 Å². The standard InChI is InChI=1S/C22H25N5O2/c28-21(25-15-8-9-15)19-18-7-3-4-12-27(18)20(26-19)22(29)23-11-10-14-13-24-17-6-2-1-5-16(14)17/h1-2,5-6,13,15,24H,3-4,7-12H2,(H,23,29)(H,25,28). The van der Waals surface area contributed by atoms with Gasteiger partial charge in [0.1, 0.15) is 5.69 Å². The van der Waals surface area contributed by atoms with Crippen LogP contribution in [0.15, 0.2) is 30.5 Å². The first kappa shape index (κ1) is 18.0. The third-order valence-corrected chi connectivity index (χ3v) is 5.80. The van der Waals surface area contributed by atoms with Crippen LogP contribution in [0.5, 0.6) is 0 Å². The summed E-state index contributed by atoms with van der Waals surface area (Å²) in [5.74, 6) is 0.00836. The number of nitrogens with one attached hydrogen (secondary N) is 3. The Morgan fingerprint density at radius 1 is 1.17 bits per heavy atom. The number of aromatic nitrogens is 3. The van der Waals surface area contributed by atoms with Crippen LogP contribution in [0.3, 0.4) is 0 Å². The van der Waals surface area contributed by atoms with Crippen LogP contribution >= 0.6 is 0 Å². The molecule has 1 fully saturated rings. The Morgan fingerprint density at radius 3 is 2.90 bits per heavy atom. The maximum Gasteiger partial charge on any atom is 0.287 e. The topological polar surface area (TPSA) is 91.8 Å². The molecule has 7 heteroatoms. The molecule has 0 saturated heterocycles. The molecule has 0 bridgehead atoms. The molecule has 150 valence electrons. The van der Waals surface area contributed by atoms with Crippen molar-refractivity contribution in [2.75, 3.05) is 6.54 Å². The number of H-pyrrole nitrogens is 1. The first-order valence-corrected chi connectivity index (χ1v) is 10.4. The van der Waals surface area contributed by atoms with E-state index < -0.39 is 0 Å². The maximum atomic E-state index is 12.8. The molecule has 2 amide bonds. The molecule has 0 spiro atoms. The molecule has 3 N–H and O–H groups in total. The molecule has 7 nitrogen and oxygen atoms in total. The average molecular weight is 391 g/mol. The van der Waals surface area contributed by atoms with E-state index >= 15 is 0 Å². The SMILES string of the molecule is O=C(NC1CC1)c1nc(C(=O)NCCc2c[nH]c3ccccc23)n2c1CCCC2. The highest BCUT2D eigenvalue weighted by Gasteiger charge is 2.30. The highest BCUT2D eigenvalue weighted by molar-refractivity contribution is 5.97. The van der Waals surface area contributed by atoms with Gasteiger partial charge in [0, 0.05) is 36.2 Å². The number of aromatic amines is 1. The van der Waals surface area contributed by atoms with Gasteiger partial charge in [0.05, 0.1) is 5.69 Å². The van der Waals surface area contributed by atoms with Crippen LogP contribution in [0, 0.1) is 0 Å². The molecule has 0 atom stereocenters. The van der Waals surface area contributed by atoms with Crippen molar-refractivity contribution in [2.24, 2.45) is 0 Å². The fourth-order valence-corrected chi connectivity index (χ4v) is 4.11. The lowest BCUT2D eigenvalue weighted by molar-refractivity contribution is 0.0938. The number of rotatable bonds is 6. The molecule has 29 heavy (non-hydrogen) atoms. The van der Waals surface area contributed by atoms with Crippen LogP contribution in [0.2, 0.25) is 0 Å². The monoisotopic (exact) mass is 391 g/mol. The number of nitrogens with zero attached hydrogens (tertiary/aromatic N) is 2. The molecule has 2 aliphatic rings. The first-order chi connectivity index (χ1) is 14.2. The number of hydrogen-bond donors (Lipinski definition) is 3. The van der Waals surface area contributed by atoms with E-state index in [1.165, 1.54) is 10.9 Å². The van der Waals surface area contributed by atoms with E-state index in [1.54, 1.807) is 0 Å². The van der Waals surface area contributed by atoms with E-state index in [2.05, 4.69) is 26.7 Å². The highest BCUT2D eigenvalue weighted by Crippen LogP contribution is 2.24. The summed E-state index contributed by atoms with van der Waals surface area (Å²) in [4.78, 5) is 33.2. The summed E-state index contributed by atoms with van der Waals surface area (Å²) in [6, 6.07) is 8.42. The predicted molar refractivity (Wildman–Crippen MR) is 110 cm³/mol. The largest absolute Gasteiger partial charge is 0.361 e. The first-order valence-electron chi connectivity index (χ1n) is 10.4. The van der Waals surface area contributed by atoms with Gasteiger partial charge >= 0.3 is 0 Å². The van der Waals surface area contributed by atoms with Gasteiger partial charge in [-0.1, -0.05) is 18.2 Å². The number of hydrogen-bond acceptors (Lipinski definition) is 3. The second-order valence-corrected chi connectivity index (χ2v) is 7.95. The normalized spacial score (nSPS) is 15.9. The van der Waals surface area contributed by atoms with E-state index in [1.807, 2.05) is 29.0 Å². The zero-order valence-electron chi connectivity index (χ0n) is 16.3. The van der Waals surface area contributed by atoms with Gasteiger partial charge in [0.25, 0.3) is 11.8 Å². The number of carbonyl (C=O) groups is 2. The van der Waals surface area contributed by atoms with E-state index in [9.17, 15) is 9.59 Å². The van der Waals surface area contributed by atoms with Crippen molar-refractivity contribution in [3.8, 4) is 0 Å². The van der Waals surface area contributed by atoms with Gasteiger partial charge in [-0.05, 0) is 50.2 Å². The third kappa shape index (κ3) is 3.52. The average Bonchev–Trinajstić information content (AvgIpc) is 3.33. The zero-order valence-corrected chi connectivity index (χ0v) is 16.3. The number of fused-ring (bicyclic) bond motifs is 2. The molecule has 0 radical (unpaired) electrons. The lowest BCUT2D eigenvalue weighted by Crippen LogP contribution is -2.29. The lowest BCUT2D eigenvalue weighted by Gasteiger charge is -2.17. The third-order valence-electron chi connectivity index (χ3n) is 5.80. The second kappa shape index (κ2) is 7.39. The van der Waals surface area contributed by atoms with Gasteiger partial charge in [-0.3, -0.25) is 9.59 Å². The van der Waals surface area contributed by atoms with Crippen molar-refractivity contribution >= 4 is 22.7 Å². The van der Waals surface area contributed by atoms with Gasteiger partial charge in [-0.25, -0.2) is 4.98 Å². The van der Waals surface area contributed by atoms with Gasteiger partial charge in [-0.2, -0.15) is 0 Å². The molecule has 1 aromatic carbocycles. The number of carbonyl (C=O) groups excluding carboxylic acids is 2. The molecule has 2 aromatic heterocycles. The number of imidazole rings is 1. The van der Waals surface area contributed by atoms with Crippen LogP contribution in [0.4, 0.5) is 0 Å². The molecule has 1 aliphatic carbocycles. The molecule has 1 saturated carbocycles. The summed E-state index contributed by atoms with van der Waals surface area (Å²) in [5, 5.41) is 7.17. The Labute approximate surface area is 168 Å². The fraction of sp³-hybridized carbons (Fsp3) is 0.409. The highest BCUT2D eigenvalue weighted by atomic mass is 16.2. The van der Waals surface area contributed by atoms with Gasteiger partial charge in [0.2, 0.25) is 0 Å². The number of benzene rings is 1. The Bertz CT molecular complexity index is 1080. The van der Waals surface area contributed by atoms with Crippen molar-refractivity contribution in [1.29, 1.82) is 0 Å². The van der Waals surface area contributed by atoms with Crippen LogP contribution < -0.4 is 10.6 Å². The van der Waals surface area contributed by atoms with Crippen molar-refractivity contribution in [2.45, 2.75) is 51.1 Å². The van der Waals surface area contributed by atoms with Crippen LogP contribution in [-0.2, 0) is 19.4 Å². The molecular weight excluding hydrogens is 366 g/mol. The van der Waals surface area contributed by atoms with Crippen LogP contribution in [-0.4, -0.2) is 38.9 Å². The minimum Gasteiger partial charge on any atom is -0.361 e. The molecule has 1 aliphatic heterocycles. The van der Waals surface area contributed by atoms with Crippen molar-refractivity contribution in [3.63, 3.8) is 0 Å². The zero-order chi connectivity index (χ0) is 19.8. The quantitative estimate of drug-likeness (QED) is 0.603. The summed E-state index contributed by atoms with van der Waals surface area (Å²) >= 11 is 0. The summed E-state index contributed by atoms with van der Waals surface area (Å²) in [6.07, 6.45) is 7.61. The van der Waals surface area contributed by atoms with Crippen LogP contribution in [0.1, 0.15) is 58.0 Å². The molecule has 3 aromatic rings.